The Hall–Kier alpha value is 0.933. The summed E-state index contributed by atoms with van der Waals surface area (Å²) in [6.07, 6.45) is 16.2. The maximum absolute atomic E-state index is 9.16. The summed E-state index contributed by atoms with van der Waals surface area (Å²) in [4.78, 5) is 0. The third kappa shape index (κ3) is 25.6. The summed E-state index contributed by atoms with van der Waals surface area (Å²) in [5.41, 5.74) is 0.803. The maximum Gasteiger partial charge on any atom is 1.00 e. The molecule has 0 aliphatic heterocycles. The summed E-state index contributed by atoms with van der Waals surface area (Å²) in [5, 5.41) is 9.16. The summed E-state index contributed by atoms with van der Waals surface area (Å²) >= 11 is 0. The van der Waals surface area contributed by atoms with Crippen molar-refractivity contribution in [2.45, 2.75) is 62.3 Å². The molecule has 5 heteroatoms. The topological polar surface area (TPSA) is 20.2 Å². The van der Waals surface area contributed by atoms with Crippen molar-refractivity contribution in [2.24, 2.45) is 0 Å². The van der Waals surface area contributed by atoms with Crippen LogP contribution >= 0.6 is 23.8 Å². The van der Waals surface area contributed by atoms with E-state index in [0.717, 1.165) is 5.56 Å². The molecular weight excluding hydrogens is 534 g/mol. The van der Waals surface area contributed by atoms with Crippen LogP contribution in [-0.4, -0.2) is 60.6 Å². The van der Waals surface area contributed by atoms with E-state index in [1.165, 1.54) is 55.5 Å². The van der Waals surface area contributed by atoms with Gasteiger partial charge in [0.15, 0.2) is 0 Å². The molecule has 0 fully saturated rings. The molecular formula is C27H54OP3Ru+. The zero-order valence-corrected chi connectivity index (χ0v) is 27.1. The van der Waals surface area contributed by atoms with Gasteiger partial charge in [-0.15, -0.1) is 23.8 Å². The van der Waals surface area contributed by atoms with Crippen LogP contribution in [0.5, 0.6) is 5.75 Å². The van der Waals surface area contributed by atoms with Gasteiger partial charge in [0.1, 0.15) is 5.75 Å². The Kier molecular flexibility index (Phi) is 40.0. The minimum atomic E-state index is 0. The largest absolute Gasteiger partial charge is 1.00 e. The van der Waals surface area contributed by atoms with E-state index >= 15 is 0 Å². The molecule has 0 saturated heterocycles. The number of aromatic hydroxyl groups is 1. The van der Waals surface area contributed by atoms with Crippen molar-refractivity contribution in [2.75, 3.05) is 55.5 Å². The second-order valence-corrected chi connectivity index (χ2v) is 16.5. The molecule has 1 rings (SSSR count). The minimum absolute atomic E-state index is 0. The van der Waals surface area contributed by atoms with Gasteiger partial charge >= 0.3 is 19.5 Å². The Morgan fingerprint density at radius 3 is 1.09 bits per heavy atom. The standard InChI is InChI=1S/C9H9O.3C6H15P.Ru/c1-2-5-8-6-3-4-7-9(8)10;3*1-4-7(5-2)6-3;/h2-7,10H,1H2;3*4-6H2,1-3H3;/q;;;;+1. The van der Waals surface area contributed by atoms with Crippen molar-refractivity contribution in [3.05, 3.63) is 49.6 Å². The van der Waals surface area contributed by atoms with Crippen LogP contribution in [0.2, 0.25) is 0 Å². The van der Waals surface area contributed by atoms with Gasteiger partial charge in [0, 0.05) is 0 Å². The van der Waals surface area contributed by atoms with Crippen LogP contribution in [0.4, 0.5) is 0 Å². The Bertz CT molecular complexity index is 403. The van der Waals surface area contributed by atoms with Crippen molar-refractivity contribution in [1.82, 2.24) is 0 Å². The van der Waals surface area contributed by atoms with E-state index < -0.39 is 0 Å². The average Bonchev–Trinajstić information content (AvgIpc) is 2.80. The van der Waals surface area contributed by atoms with Crippen molar-refractivity contribution in [3.63, 3.8) is 0 Å². The molecule has 0 amide bonds. The van der Waals surface area contributed by atoms with E-state index in [4.69, 9.17) is 5.11 Å². The second kappa shape index (κ2) is 31.9. The van der Waals surface area contributed by atoms with Gasteiger partial charge < -0.3 is 5.11 Å². The Balaban J connectivity index is -0.000000164. The first-order valence-electron chi connectivity index (χ1n) is 12.3. The van der Waals surface area contributed by atoms with Gasteiger partial charge in [0.2, 0.25) is 0 Å². The predicted octanol–water partition coefficient (Wildman–Crippen LogP) is 9.56. The van der Waals surface area contributed by atoms with Crippen LogP contribution in [0.25, 0.3) is 0 Å². The molecule has 1 aromatic rings. The molecule has 1 N–H and O–H groups in total. The van der Waals surface area contributed by atoms with E-state index in [9.17, 15) is 0 Å². The normalized spacial score (nSPS) is 9.78. The number of hydrogen-bond acceptors (Lipinski definition) is 1. The number of benzene rings is 1. The first-order valence-corrected chi connectivity index (χ1v) is 18.0. The Labute approximate surface area is 220 Å². The van der Waals surface area contributed by atoms with Gasteiger partial charge in [-0.3, -0.25) is 0 Å². The fourth-order valence-corrected chi connectivity index (χ4v) is 6.79. The summed E-state index contributed by atoms with van der Waals surface area (Å²) in [6, 6.07) is 7.14. The van der Waals surface area contributed by atoms with Gasteiger partial charge in [-0.05, 0) is 86.9 Å². The van der Waals surface area contributed by atoms with Gasteiger partial charge in [0.25, 0.3) is 0 Å². The van der Waals surface area contributed by atoms with Gasteiger partial charge in [-0.2, -0.15) is 0 Å². The van der Waals surface area contributed by atoms with Gasteiger partial charge in [0.05, 0.1) is 0 Å². The number of para-hydroxylation sites is 1. The first kappa shape index (κ1) is 40.1. The molecule has 32 heavy (non-hydrogen) atoms. The molecule has 4 radical (unpaired) electrons. The molecule has 1 aromatic carbocycles. The van der Waals surface area contributed by atoms with Gasteiger partial charge in [-0.25, -0.2) is 0 Å². The van der Waals surface area contributed by atoms with Crippen molar-refractivity contribution in [3.8, 4) is 5.75 Å². The van der Waals surface area contributed by atoms with Crippen LogP contribution in [0.15, 0.2) is 24.3 Å². The zero-order chi connectivity index (χ0) is 24.5. The molecule has 0 unspecified atom stereocenters. The van der Waals surface area contributed by atoms with E-state index in [1.54, 1.807) is 25.0 Å². The third-order valence-corrected chi connectivity index (χ3v) is 13.3. The van der Waals surface area contributed by atoms with Gasteiger partial charge in [-0.1, -0.05) is 80.5 Å². The smallest absolute Gasteiger partial charge is 0.508 e. The van der Waals surface area contributed by atoms with Crippen LogP contribution in [0.1, 0.15) is 67.9 Å². The molecule has 0 spiro atoms. The maximum atomic E-state index is 9.16. The summed E-state index contributed by atoms with van der Waals surface area (Å²) in [6.45, 7) is 24.1. The zero-order valence-electron chi connectivity index (χ0n) is 22.7. The third-order valence-electron chi connectivity index (χ3n) is 5.26. The predicted molar refractivity (Wildman–Crippen MR) is 157 cm³/mol. The van der Waals surface area contributed by atoms with Crippen molar-refractivity contribution in [1.29, 1.82) is 0 Å². The molecule has 190 valence electrons. The van der Waals surface area contributed by atoms with Crippen LogP contribution in [0, 0.1) is 19.8 Å². The molecule has 0 saturated carbocycles. The first-order chi connectivity index (χ1) is 14.9. The van der Waals surface area contributed by atoms with Crippen LogP contribution in [0.3, 0.4) is 0 Å². The fraction of sp³-hybridized carbons (Fsp3) is 0.667. The van der Waals surface area contributed by atoms with E-state index in [0.29, 0.717) is 29.5 Å². The summed E-state index contributed by atoms with van der Waals surface area (Å²) in [5.74, 6) is 0.294. The number of rotatable bonds is 11. The molecule has 0 aromatic heterocycles. The van der Waals surface area contributed by atoms with E-state index in [1.807, 2.05) is 12.1 Å². The second-order valence-electron chi connectivity index (χ2n) is 6.82. The SMILES string of the molecule is CCP(CC)CC.CCP(CC)CC.CCP(CC)CC.[CH2][CH][CH]c1ccccc1O.[Ru+]. The molecule has 1 nitrogen and oxygen atoms in total. The molecule has 0 aliphatic carbocycles. The number of hydrogen-bond donors (Lipinski definition) is 1. The fourth-order valence-electron chi connectivity index (χ4n) is 2.77. The quantitative estimate of drug-likeness (QED) is 0.202. The summed E-state index contributed by atoms with van der Waals surface area (Å²) < 4.78 is 0. The monoisotopic (exact) mass is 589 g/mol. The van der Waals surface area contributed by atoms with Crippen molar-refractivity contribution >= 4 is 23.8 Å². The Morgan fingerprint density at radius 2 is 0.906 bits per heavy atom. The van der Waals surface area contributed by atoms with Crippen LogP contribution in [-0.2, 0) is 19.5 Å². The van der Waals surface area contributed by atoms with E-state index in [-0.39, 0.29) is 19.5 Å². The Morgan fingerprint density at radius 1 is 0.625 bits per heavy atom. The van der Waals surface area contributed by atoms with Crippen molar-refractivity contribution < 1.29 is 24.6 Å². The number of phenolic OH excluding ortho intramolecular Hbond substituents is 1. The average molecular weight is 589 g/mol. The molecule has 0 aliphatic rings. The number of phenols is 1. The molecule has 0 atom stereocenters. The summed E-state index contributed by atoms with van der Waals surface area (Å²) in [7, 11) is 1.34. The van der Waals surface area contributed by atoms with Crippen LogP contribution < -0.4 is 0 Å². The molecule has 0 heterocycles. The van der Waals surface area contributed by atoms with E-state index in [2.05, 4.69) is 69.2 Å². The minimum Gasteiger partial charge on any atom is -0.508 e. The molecule has 0 bridgehead atoms.